The first kappa shape index (κ1) is 19.4. The first-order valence-corrected chi connectivity index (χ1v) is 9.65. The fourth-order valence-electron chi connectivity index (χ4n) is 3.48. The minimum absolute atomic E-state index is 0.0849. The van der Waals surface area contributed by atoms with Crippen molar-refractivity contribution in [3.63, 3.8) is 0 Å². The molecule has 1 N–H and O–H groups in total. The molecule has 1 fully saturated rings. The molecule has 0 aromatic heterocycles. The summed E-state index contributed by atoms with van der Waals surface area (Å²) in [5, 5.41) is 3.02. The largest absolute Gasteiger partial charge is 0.369 e. The first-order valence-electron chi connectivity index (χ1n) is 9.65. The second-order valence-corrected chi connectivity index (χ2v) is 7.17. The number of piperazine rings is 1. The number of aryl methyl sites for hydroxylation is 1. The zero-order valence-corrected chi connectivity index (χ0v) is 16.0. The van der Waals surface area contributed by atoms with E-state index in [2.05, 4.69) is 21.2 Å². The Balaban J connectivity index is 1.31. The molecule has 0 saturated carbocycles. The van der Waals surface area contributed by atoms with Crippen molar-refractivity contribution in [3.8, 4) is 0 Å². The molecule has 0 unspecified atom stereocenters. The van der Waals surface area contributed by atoms with Crippen molar-refractivity contribution >= 4 is 11.6 Å². The molecule has 2 aromatic rings. The van der Waals surface area contributed by atoms with E-state index in [1.807, 2.05) is 37.3 Å². The van der Waals surface area contributed by atoms with Gasteiger partial charge in [0.25, 0.3) is 0 Å². The smallest absolute Gasteiger partial charge is 0.224 e. The molecule has 0 atom stereocenters. The van der Waals surface area contributed by atoms with E-state index in [1.54, 1.807) is 0 Å². The molecular weight excluding hydrogens is 341 g/mol. The summed E-state index contributed by atoms with van der Waals surface area (Å²) in [7, 11) is 0. The van der Waals surface area contributed by atoms with Crippen molar-refractivity contribution in [1.29, 1.82) is 0 Å². The summed E-state index contributed by atoms with van der Waals surface area (Å²) in [6.45, 7) is 7.63. The third-order valence-corrected chi connectivity index (χ3v) is 4.98. The van der Waals surface area contributed by atoms with Crippen LogP contribution >= 0.6 is 0 Å². The number of anilines is 1. The van der Waals surface area contributed by atoms with Crippen molar-refractivity contribution in [2.45, 2.75) is 19.8 Å². The molecule has 0 aliphatic carbocycles. The highest BCUT2D eigenvalue weighted by Gasteiger charge is 2.16. The van der Waals surface area contributed by atoms with Crippen LogP contribution in [0.4, 0.5) is 10.1 Å². The van der Waals surface area contributed by atoms with Crippen molar-refractivity contribution < 1.29 is 9.18 Å². The van der Waals surface area contributed by atoms with Gasteiger partial charge >= 0.3 is 0 Å². The number of nitrogens with one attached hydrogen (secondary N) is 1. The van der Waals surface area contributed by atoms with Crippen LogP contribution < -0.4 is 10.2 Å². The summed E-state index contributed by atoms with van der Waals surface area (Å²) in [4.78, 5) is 16.8. The molecule has 1 amide bonds. The van der Waals surface area contributed by atoms with Gasteiger partial charge < -0.3 is 10.2 Å². The Hall–Kier alpha value is -2.40. The van der Waals surface area contributed by atoms with E-state index in [0.29, 0.717) is 13.0 Å². The predicted octanol–water partition coefficient (Wildman–Crippen LogP) is 3.01. The Morgan fingerprint density at radius 2 is 1.81 bits per heavy atom. The number of nitrogens with zero attached hydrogens (tertiary/aromatic N) is 2. The third kappa shape index (κ3) is 6.07. The molecule has 3 rings (SSSR count). The lowest BCUT2D eigenvalue weighted by molar-refractivity contribution is -0.120. The Labute approximate surface area is 161 Å². The quantitative estimate of drug-likeness (QED) is 0.762. The monoisotopic (exact) mass is 369 g/mol. The first-order chi connectivity index (χ1) is 13.1. The zero-order valence-electron chi connectivity index (χ0n) is 16.0. The van der Waals surface area contributed by atoms with Gasteiger partial charge in [-0.25, -0.2) is 4.39 Å². The number of hydrogen-bond acceptors (Lipinski definition) is 3. The van der Waals surface area contributed by atoms with E-state index in [1.165, 1.54) is 17.7 Å². The normalized spacial score (nSPS) is 15.0. The second-order valence-electron chi connectivity index (χ2n) is 7.17. The van der Waals surface area contributed by atoms with Crippen LogP contribution in [0.15, 0.2) is 48.5 Å². The number of amides is 1. The number of rotatable bonds is 7. The highest BCUT2D eigenvalue weighted by molar-refractivity contribution is 5.78. The molecule has 0 bridgehead atoms. The third-order valence-electron chi connectivity index (χ3n) is 4.98. The summed E-state index contributed by atoms with van der Waals surface area (Å²) in [5.41, 5.74) is 3.32. The highest BCUT2D eigenvalue weighted by atomic mass is 19.1. The topological polar surface area (TPSA) is 35.6 Å². The van der Waals surface area contributed by atoms with E-state index >= 15 is 0 Å². The molecule has 5 heteroatoms. The number of halogens is 1. The molecule has 1 aliphatic heterocycles. The molecule has 2 aromatic carbocycles. The fourth-order valence-corrected chi connectivity index (χ4v) is 3.48. The molecule has 1 heterocycles. The average molecular weight is 369 g/mol. The Morgan fingerprint density at radius 1 is 1.07 bits per heavy atom. The maximum Gasteiger partial charge on any atom is 0.224 e. The summed E-state index contributed by atoms with van der Waals surface area (Å²) in [6.07, 6.45) is 1.40. The SMILES string of the molecule is Cc1cccc(CC(=O)NCCCN2CCN(c3ccc(F)cc3)CC2)c1. The van der Waals surface area contributed by atoms with Gasteiger partial charge in [0.15, 0.2) is 0 Å². The number of carbonyl (C=O) groups excluding carboxylic acids is 1. The van der Waals surface area contributed by atoms with Crippen molar-refractivity contribution in [1.82, 2.24) is 10.2 Å². The van der Waals surface area contributed by atoms with E-state index in [-0.39, 0.29) is 11.7 Å². The molecule has 4 nitrogen and oxygen atoms in total. The van der Waals surface area contributed by atoms with Crippen molar-refractivity contribution in [2.24, 2.45) is 0 Å². The van der Waals surface area contributed by atoms with Crippen LogP contribution in [0.1, 0.15) is 17.5 Å². The van der Waals surface area contributed by atoms with Gasteiger partial charge in [-0.3, -0.25) is 9.69 Å². The maximum atomic E-state index is 13.0. The van der Waals surface area contributed by atoms with E-state index < -0.39 is 0 Å². The predicted molar refractivity (Wildman–Crippen MR) is 108 cm³/mol. The van der Waals surface area contributed by atoms with Gasteiger partial charge in [-0.05, 0) is 49.7 Å². The summed E-state index contributed by atoms with van der Waals surface area (Å²) in [5.74, 6) is -0.108. The minimum atomic E-state index is -0.193. The second kappa shape index (κ2) is 9.51. The Bertz CT molecular complexity index is 739. The van der Waals surface area contributed by atoms with Crippen LogP contribution in [-0.4, -0.2) is 50.1 Å². The van der Waals surface area contributed by atoms with Gasteiger partial charge in [0.05, 0.1) is 6.42 Å². The average Bonchev–Trinajstić information content (AvgIpc) is 2.66. The minimum Gasteiger partial charge on any atom is -0.369 e. The molecule has 27 heavy (non-hydrogen) atoms. The number of carbonyl (C=O) groups is 1. The van der Waals surface area contributed by atoms with Crippen LogP contribution in [0, 0.1) is 12.7 Å². The summed E-state index contributed by atoms with van der Waals surface area (Å²) >= 11 is 0. The zero-order chi connectivity index (χ0) is 19.1. The highest BCUT2D eigenvalue weighted by Crippen LogP contribution is 2.16. The fraction of sp³-hybridized carbons (Fsp3) is 0.409. The van der Waals surface area contributed by atoms with Gasteiger partial charge in [-0.15, -0.1) is 0 Å². The van der Waals surface area contributed by atoms with Crippen LogP contribution in [0.5, 0.6) is 0 Å². The van der Waals surface area contributed by atoms with Crippen LogP contribution in [0.3, 0.4) is 0 Å². The van der Waals surface area contributed by atoms with E-state index in [0.717, 1.165) is 50.4 Å². The molecule has 1 aliphatic rings. The van der Waals surface area contributed by atoms with Crippen molar-refractivity contribution in [2.75, 3.05) is 44.2 Å². The van der Waals surface area contributed by atoms with Gasteiger partial charge in [-0.2, -0.15) is 0 Å². The summed E-state index contributed by atoms with van der Waals surface area (Å²) < 4.78 is 13.0. The number of hydrogen-bond donors (Lipinski definition) is 1. The standard InChI is InChI=1S/C22H28FN3O/c1-18-4-2-5-19(16-18)17-22(27)24-10-3-11-25-12-14-26(15-13-25)21-8-6-20(23)7-9-21/h2,4-9,16H,3,10-15,17H2,1H3,(H,24,27). The molecule has 0 radical (unpaired) electrons. The lowest BCUT2D eigenvalue weighted by Crippen LogP contribution is -2.47. The van der Waals surface area contributed by atoms with Gasteiger partial charge in [-0.1, -0.05) is 29.8 Å². The Morgan fingerprint density at radius 3 is 2.52 bits per heavy atom. The number of benzene rings is 2. The Kier molecular flexibility index (Phi) is 6.82. The lowest BCUT2D eigenvalue weighted by Gasteiger charge is -2.36. The van der Waals surface area contributed by atoms with Gasteiger partial charge in [0, 0.05) is 38.4 Å². The maximum absolute atomic E-state index is 13.0. The van der Waals surface area contributed by atoms with E-state index in [4.69, 9.17) is 0 Å². The molecule has 0 spiro atoms. The van der Waals surface area contributed by atoms with Gasteiger partial charge in [0.2, 0.25) is 5.91 Å². The van der Waals surface area contributed by atoms with Crippen molar-refractivity contribution in [3.05, 3.63) is 65.5 Å². The molecular formula is C22H28FN3O. The van der Waals surface area contributed by atoms with Gasteiger partial charge in [0.1, 0.15) is 5.82 Å². The molecule has 144 valence electrons. The van der Waals surface area contributed by atoms with Crippen LogP contribution in [0.25, 0.3) is 0 Å². The van der Waals surface area contributed by atoms with Crippen LogP contribution in [-0.2, 0) is 11.2 Å². The molecule has 1 saturated heterocycles. The van der Waals surface area contributed by atoms with Crippen LogP contribution in [0.2, 0.25) is 0 Å². The van der Waals surface area contributed by atoms with E-state index in [9.17, 15) is 9.18 Å². The lowest BCUT2D eigenvalue weighted by atomic mass is 10.1. The summed E-state index contributed by atoms with van der Waals surface area (Å²) in [6, 6.07) is 14.8.